The van der Waals surface area contributed by atoms with Crippen LogP contribution in [0.4, 0.5) is 5.69 Å². The van der Waals surface area contributed by atoms with E-state index in [-0.39, 0.29) is 11.9 Å². The van der Waals surface area contributed by atoms with Gasteiger partial charge in [-0.2, -0.15) is 0 Å². The second-order valence-electron chi connectivity index (χ2n) is 5.17. The lowest BCUT2D eigenvalue weighted by Crippen LogP contribution is -2.33. The van der Waals surface area contributed by atoms with Gasteiger partial charge in [-0.05, 0) is 25.0 Å². The Bertz CT molecular complexity index is 635. The number of hydrogen-bond acceptors (Lipinski definition) is 4. The molecule has 1 fully saturated rings. The monoisotopic (exact) mass is 270 g/mol. The molecule has 1 amide bonds. The topological polar surface area (TPSA) is 80.0 Å². The molecule has 5 nitrogen and oxygen atoms in total. The van der Waals surface area contributed by atoms with Crippen LogP contribution in [0.15, 0.2) is 30.3 Å². The van der Waals surface area contributed by atoms with Crippen LogP contribution in [0.25, 0.3) is 10.9 Å². The van der Waals surface area contributed by atoms with E-state index in [0.717, 1.165) is 23.7 Å². The molecular weight excluding hydrogens is 252 g/mol. The molecule has 0 atom stereocenters. The van der Waals surface area contributed by atoms with E-state index in [1.54, 1.807) is 6.07 Å². The number of nitrogens with one attached hydrogen (secondary N) is 2. The van der Waals surface area contributed by atoms with Crippen molar-refractivity contribution in [1.29, 1.82) is 0 Å². The first-order valence-corrected chi connectivity index (χ1v) is 6.95. The third-order valence-electron chi connectivity index (χ3n) is 3.79. The number of rotatable bonds is 3. The Morgan fingerprint density at radius 3 is 2.75 bits per heavy atom. The van der Waals surface area contributed by atoms with Gasteiger partial charge >= 0.3 is 0 Å². The number of nitrogens with zero attached hydrogens (tertiary/aromatic N) is 1. The third-order valence-corrected chi connectivity index (χ3v) is 3.79. The molecular formula is C15H18N4O. The van der Waals surface area contributed by atoms with Crippen molar-refractivity contribution >= 4 is 22.5 Å². The minimum atomic E-state index is -0.126. The van der Waals surface area contributed by atoms with Crippen LogP contribution in [-0.4, -0.2) is 16.9 Å². The number of benzene rings is 1. The molecule has 104 valence electrons. The Balaban J connectivity index is 1.92. The zero-order valence-corrected chi connectivity index (χ0v) is 11.2. The summed E-state index contributed by atoms with van der Waals surface area (Å²) >= 11 is 0. The number of nitrogen functional groups attached to an aromatic ring is 1. The van der Waals surface area contributed by atoms with Crippen LogP contribution in [0, 0.1) is 0 Å². The largest absolute Gasteiger partial charge is 0.348 e. The molecule has 2 aromatic rings. The third kappa shape index (κ3) is 2.44. The molecule has 1 aromatic carbocycles. The van der Waals surface area contributed by atoms with Gasteiger partial charge in [0.2, 0.25) is 0 Å². The van der Waals surface area contributed by atoms with Gasteiger partial charge < -0.3 is 10.7 Å². The van der Waals surface area contributed by atoms with Gasteiger partial charge in [0.05, 0.1) is 11.2 Å². The van der Waals surface area contributed by atoms with Gasteiger partial charge in [0.1, 0.15) is 5.69 Å². The number of carbonyl (C=O) groups excluding carboxylic acids is 1. The Labute approximate surface area is 117 Å². The van der Waals surface area contributed by atoms with Crippen molar-refractivity contribution in [2.24, 2.45) is 5.84 Å². The van der Waals surface area contributed by atoms with E-state index < -0.39 is 0 Å². The zero-order valence-electron chi connectivity index (χ0n) is 11.2. The number of hydrogen-bond donors (Lipinski definition) is 3. The number of pyridine rings is 1. The number of anilines is 1. The van der Waals surface area contributed by atoms with E-state index in [4.69, 9.17) is 5.84 Å². The number of nitrogens with two attached hydrogens (primary N) is 1. The highest BCUT2D eigenvalue weighted by Crippen LogP contribution is 2.23. The van der Waals surface area contributed by atoms with Crippen LogP contribution in [-0.2, 0) is 0 Å². The molecule has 1 aliphatic carbocycles. The second kappa shape index (κ2) is 5.46. The highest BCUT2D eigenvalue weighted by Gasteiger charge is 2.19. The lowest BCUT2D eigenvalue weighted by Gasteiger charge is -2.13. The molecule has 0 bridgehead atoms. The summed E-state index contributed by atoms with van der Waals surface area (Å²) in [4.78, 5) is 16.7. The molecule has 3 rings (SSSR count). The highest BCUT2D eigenvalue weighted by molar-refractivity contribution is 5.99. The molecule has 1 heterocycles. The van der Waals surface area contributed by atoms with Crippen molar-refractivity contribution in [2.45, 2.75) is 31.7 Å². The fourth-order valence-corrected chi connectivity index (χ4v) is 2.74. The Hall–Kier alpha value is -2.14. The maximum atomic E-state index is 12.3. The average molecular weight is 270 g/mol. The van der Waals surface area contributed by atoms with Gasteiger partial charge in [0.15, 0.2) is 0 Å². The van der Waals surface area contributed by atoms with Crippen LogP contribution in [0.3, 0.4) is 0 Å². The number of hydrazine groups is 1. The highest BCUT2D eigenvalue weighted by atomic mass is 16.1. The fraction of sp³-hybridized carbons (Fsp3) is 0.333. The van der Waals surface area contributed by atoms with E-state index in [1.807, 2.05) is 24.3 Å². The van der Waals surface area contributed by atoms with Crippen molar-refractivity contribution < 1.29 is 4.79 Å². The molecule has 1 aromatic heterocycles. The SMILES string of the molecule is NNc1cc(C(=O)NC2CCCC2)nc2ccccc12. The van der Waals surface area contributed by atoms with E-state index in [2.05, 4.69) is 15.7 Å². The van der Waals surface area contributed by atoms with Crippen LogP contribution in [0.2, 0.25) is 0 Å². The zero-order chi connectivity index (χ0) is 13.9. The summed E-state index contributed by atoms with van der Waals surface area (Å²) in [5, 5.41) is 3.95. The Morgan fingerprint density at radius 1 is 1.25 bits per heavy atom. The molecule has 1 saturated carbocycles. The smallest absolute Gasteiger partial charge is 0.270 e. The molecule has 4 N–H and O–H groups in total. The van der Waals surface area contributed by atoms with E-state index >= 15 is 0 Å². The summed E-state index contributed by atoms with van der Waals surface area (Å²) in [6.07, 6.45) is 4.49. The van der Waals surface area contributed by atoms with Crippen LogP contribution in [0.1, 0.15) is 36.2 Å². The van der Waals surface area contributed by atoms with Crippen molar-refractivity contribution in [2.75, 3.05) is 5.43 Å². The standard InChI is InChI=1S/C15H18N4O/c16-19-13-9-14(15(20)17-10-5-1-2-6-10)18-12-8-4-3-7-11(12)13/h3-4,7-10H,1-2,5-6,16H2,(H,17,20)(H,18,19). The summed E-state index contributed by atoms with van der Waals surface area (Å²) in [6.45, 7) is 0. The van der Waals surface area contributed by atoms with Crippen LogP contribution in [0.5, 0.6) is 0 Å². The summed E-state index contributed by atoms with van der Waals surface area (Å²) < 4.78 is 0. The number of amides is 1. The fourth-order valence-electron chi connectivity index (χ4n) is 2.74. The number of fused-ring (bicyclic) bond motifs is 1. The lowest BCUT2D eigenvalue weighted by atomic mass is 10.1. The molecule has 0 unspecified atom stereocenters. The summed E-state index contributed by atoms with van der Waals surface area (Å²) in [5.41, 5.74) is 4.52. The summed E-state index contributed by atoms with van der Waals surface area (Å²) in [5.74, 6) is 5.41. The van der Waals surface area contributed by atoms with Crippen molar-refractivity contribution in [3.63, 3.8) is 0 Å². The van der Waals surface area contributed by atoms with E-state index in [9.17, 15) is 4.79 Å². The maximum Gasteiger partial charge on any atom is 0.270 e. The minimum absolute atomic E-state index is 0.126. The molecule has 1 aliphatic rings. The number of carbonyl (C=O) groups is 1. The molecule has 20 heavy (non-hydrogen) atoms. The van der Waals surface area contributed by atoms with Gasteiger partial charge in [-0.15, -0.1) is 0 Å². The lowest BCUT2D eigenvalue weighted by molar-refractivity contribution is 0.0933. The maximum absolute atomic E-state index is 12.3. The first kappa shape index (κ1) is 12.9. The van der Waals surface area contributed by atoms with Crippen LogP contribution < -0.4 is 16.6 Å². The molecule has 0 saturated heterocycles. The van der Waals surface area contributed by atoms with Gasteiger partial charge in [-0.25, -0.2) is 4.98 Å². The average Bonchev–Trinajstić information content (AvgIpc) is 2.99. The van der Waals surface area contributed by atoms with Gasteiger partial charge in [-0.3, -0.25) is 10.6 Å². The quantitative estimate of drug-likeness (QED) is 0.590. The summed E-state index contributed by atoms with van der Waals surface area (Å²) in [7, 11) is 0. The van der Waals surface area contributed by atoms with Crippen molar-refractivity contribution in [3.8, 4) is 0 Å². The van der Waals surface area contributed by atoms with E-state index in [0.29, 0.717) is 11.4 Å². The normalized spacial score (nSPS) is 15.4. The van der Waals surface area contributed by atoms with E-state index in [1.165, 1.54) is 12.8 Å². The van der Waals surface area contributed by atoms with Gasteiger partial charge in [0, 0.05) is 11.4 Å². The molecule has 0 spiro atoms. The Morgan fingerprint density at radius 2 is 2.00 bits per heavy atom. The second-order valence-corrected chi connectivity index (χ2v) is 5.17. The molecule has 0 radical (unpaired) electrons. The van der Waals surface area contributed by atoms with Crippen molar-refractivity contribution in [3.05, 3.63) is 36.0 Å². The number of aromatic nitrogens is 1. The summed E-state index contributed by atoms with van der Waals surface area (Å²) in [6, 6.07) is 9.60. The predicted molar refractivity (Wildman–Crippen MR) is 79.3 cm³/mol. The number of para-hydroxylation sites is 1. The minimum Gasteiger partial charge on any atom is -0.348 e. The molecule has 5 heteroatoms. The Kier molecular flexibility index (Phi) is 3.52. The predicted octanol–water partition coefficient (Wildman–Crippen LogP) is 2.19. The van der Waals surface area contributed by atoms with Gasteiger partial charge in [0.25, 0.3) is 5.91 Å². The van der Waals surface area contributed by atoms with Crippen molar-refractivity contribution in [1.82, 2.24) is 10.3 Å². The van der Waals surface area contributed by atoms with Gasteiger partial charge in [-0.1, -0.05) is 31.0 Å². The first-order valence-electron chi connectivity index (χ1n) is 6.95. The molecule has 0 aliphatic heterocycles. The van der Waals surface area contributed by atoms with Crippen LogP contribution >= 0.6 is 0 Å². The first-order chi connectivity index (χ1) is 9.78.